The summed E-state index contributed by atoms with van der Waals surface area (Å²) in [5, 5.41) is 1.16. The molecule has 22 heavy (non-hydrogen) atoms. The molecule has 118 valence electrons. The van der Waals surface area contributed by atoms with Crippen molar-refractivity contribution in [2.45, 2.75) is 19.4 Å². The second-order valence-electron chi connectivity index (χ2n) is 5.87. The third kappa shape index (κ3) is 3.36. The Labute approximate surface area is 136 Å². The second-order valence-corrected chi connectivity index (χ2v) is 6.85. The van der Waals surface area contributed by atoms with Crippen LogP contribution in [0.3, 0.4) is 0 Å². The van der Waals surface area contributed by atoms with Gasteiger partial charge in [-0.15, -0.1) is 0 Å². The SMILES string of the molecule is CSCCC(C)N1CCN(c2ncnc3ccccc23)CC1. The van der Waals surface area contributed by atoms with Crippen molar-refractivity contribution in [3.8, 4) is 0 Å². The fourth-order valence-electron chi connectivity index (χ4n) is 3.09. The Kier molecular flexibility index (Phi) is 5.16. The van der Waals surface area contributed by atoms with E-state index in [1.165, 1.54) is 12.2 Å². The number of piperazine rings is 1. The van der Waals surface area contributed by atoms with Gasteiger partial charge in [0.25, 0.3) is 0 Å². The van der Waals surface area contributed by atoms with Gasteiger partial charge in [-0.25, -0.2) is 9.97 Å². The van der Waals surface area contributed by atoms with Crippen LogP contribution in [0.15, 0.2) is 30.6 Å². The minimum Gasteiger partial charge on any atom is -0.353 e. The summed E-state index contributed by atoms with van der Waals surface area (Å²) in [4.78, 5) is 13.9. The Morgan fingerprint density at radius 2 is 1.91 bits per heavy atom. The van der Waals surface area contributed by atoms with Gasteiger partial charge in [0.15, 0.2) is 0 Å². The number of aromatic nitrogens is 2. The molecule has 0 bridgehead atoms. The molecular formula is C17H24N4S. The van der Waals surface area contributed by atoms with Crippen molar-refractivity contribution in [2.24, 2.45) is 0 Å². The number of benzene rings is 1. The molecule has 1 aliphatic heterocycles. The summed E-state index contributed by atoms with van der Waals surface area (Å²) in [6.07, 6.45) is 5.15. The van der Waals surface area contributed by atoms with Crippen molar-refractivity contribution in [2.75, 3.05) is 43.1 Å². The molecule has 3 rings (SSSR count). The molecule has 0 aliphatic carbocycles. The normalized spacial score (nSPS) is 17.8. The molecule has 0 radical (unpaired) electrons. The second kappa shape index (κ2) is 7.29. The molecule has 1 aromatic heterocycles. The van der Waals surface area contributed by atoms with Crippen LogP contribution in [0.4, 0.5) is 5.82 Å². The van der Waals surface area contributed by atoms with Crippen LogP contribution >= 0.6 is 11.8 Å². The quantitative estimate of drug-likeness (QED) is 0.847. The minimum absolute atomic E-state index is 0.678. The van der Waals surface area contributed by atoms with Crippen LogP contribution in [0.1, 0.15) is 13.3 Å². The molecule has 1 aromatic carbocycles. The lowest BCUT2D eigenvalue weighted by atomic mass is 10.1. The van der Waals surface area contributed by atoms with E-state index in [2.05, 4.69) is 51.1 Å². The molecular weight excluding hydrogens is 292 g/mol. The minimum atomic E-state index is 0.678. The van der Waals surface area contributed by atoms with Crippen molar-refractivity contribution < 1.29 is 0 Å². The van der Waals surface area contributed by atoms with E-state index < -0.39 is 0 Å². The van der Waals surface area contributed by atoms with Crippen LogP contribution < -0.4 is 4.90 Å². The van der Waals surface area contributed by atoms with Crippen molar-refractivity contribution >= 4 is 28.5 Å². The number of fused-ring (bicyclic) bond motifs is 1. The largest absolute Gasteiger partial charge is 0.353 e. The molecule has 0 N–H and O–H groups in total. The van der Waals surface area contributed by atoms with Crippen LogP contribution in [-0.4, -0.2) is 59.1 Å². The summed E-state index contributed by atoms with van der Waals surface area (Å²) in [6, 6.07) is 8.96. The summed E-state index contributed by atoms with van der Waals surface area (Å²) >= 11 is 1.94. The molecule has 2 heterocycles. The van der Waals surface area contributed by atoms with E-state index in [0.717, 1.165) is 42.9 Å². The molecule has 4 nitrogen and oxygen atoms in total. The number of hydrogen-bond donors (Lipinski definition) is 0. The number of thioether (sulfide) groups is 1. The molecule has 1 fully saturated rings. The topological polar surface area (TPSA) is 32.3 Å². The molecule has 0 spiro atoms. The number of hydrogen-bond acceptors (Lipinski definition) is 5. The van der Waals surface area contributed by atoms with Gasteiger partial charge in [0.1, 0.15) is 12.1 Å². The van der Waals surface area contributed by atoms with Crippen molar-refractivity contribution in [1.29, 1.82) is 0 Å². The first kappa shape index (κ1) is 15.6. The summed E-state index contributed by atoms with van der Waals surface area (Å²) in [5.41, 5.74) is 1.03. The highest BCUT2D eigenvalue weighted by atomic mass is 32.2. The average Bonchev–Trinajstić information content (AvgIpc) is 2.59. The maximum Gasteiger partial charge on any atom is 0.139 e. The molecule has 5 heteroatoms. The van der Waals surface area contributed by atoms with Crippen molar-refractivity contribution in [1.82, 2.24) is 14.9 Å². The predicted molar refractivity (Wildman–Crippen MR) is 95.8 cm³/mol. The first-order valence-corrected chi connectivity index (χ1v) is 9.36. The van der Waals surface area contributed by atoms with Gasteiger partial charge in [-0.3, -0.25) is 4.90 Å². The highest BCUT2D eigenvalue weighted by molar-refractivity contribution is 7.98. The van der Waals surface area contributed by atoms with E-state index >= 15 is 0 Å². The maximum atomic E-state index is 4.54. The summed E-state index contributed by atoms with van der Waals surface area (Å²) in [5.74, 6) is 2.33. The number of anilines is 1. The Balaban J connectivity index is 1.68. The summed E-state index contributed by atoms with van der Waals surface area (Å²) in [7, 11) is 0. The third-order valence-electron chi connectivity index (χ3n) is 4.50. The van der Waals surface area contributed by atoms with Crippen LogP contribution in [0.2, 0.25) is 0 Å². The fourth-order valence-corrected chi connectivity index (χ4v) is 3.66. The lowest BCUT2D eigenvalue weighted by Gasteiger charge is -2.38. The lowest BCUT2D eigenvalue weighted by Crippen LogP contribution is -2.50. The number of para-hydroxylation sites is 1. The molecule has 0 saturated carbocycles. The Morgan fingerprint density at radius 3 is 2.68 bits per heavy atom. The standard InChI is InChI=1S/C17H24N4S/c1-14(7-12-22-2)20-8-10-21(11-9-20)17-15-5-3-4-6-16(15)18-13-19-17/h3-6,13-14H,7-12H2,1-2H3. The maximum absolute atomic E-state index is 4.54. The number of nitrogens with zero attached hydrogens (tertiary/aromatic N) is 4. The van der Waals surface area contributed by atoms with E-state index in [9.17, 15) is 0 Å². The molecule has 1 atom stereocenters. The van der Waals surface area contributed by atoms with Gasteiger partial charge < -0.3 is 4.90 Å². The first-order chi connectivity index (χ1) is 10.8. The van der Waals surface area contributed by atoms with Crippen LogP contribution in [-0.2, 0) is 0 Å². The van der Waals surface area contributed by atoms with E-state index in [1.807, 2.05) is 17.8 Å². The average molecular weight is 316 g/mol. The van der Waals surface area contributed by atoms with Crippen LogP contribution in [0.25, 0.3) is 10.9 Å². The van der Waals surface area contributed by atoms with Gasteiger partial charge in [-0.2, -0.15) is 11.8 Å². The summed E-state index contributed by atoms with van der Waals surface area (Å²) in [6.45, 7) is 6.68. The predicted octanol–water partition coefficient (Wildman–Crippen LogP) is 2.89. The smallest absolute Gasteiger partial charge is 0.139 e. The van der Waals surface area contributed by atoms with Gasteiger partial charge in [-0.1, -0.05) is 12.1 Å². The van der Waals surface area contributed by atoms with E-state index in [-0.39, 0.29) is 0 Å². The van der Waals surface area contributed by atoms with E-state index in [0.29, 0.717) is 6.04 Å². The monoisotopic (exact) mass is 316 g/mol. The zero-order chi connectivity index (χ0) is 15.4. The zero-order valence-electron chi connectivity index (χ0n) is 13.4. The summed E-state index contributed by atoms with van der Waals surface area (Å²) < 4.78 is 0. The Bertz CT molecular complexity index is 605. The van der Waals surface area contributed by atoms with Gasteiger partial charge in [0.05, 0.1) is 5.52 Å². The van der Waals surface area contributed by atoms with Crippen molar-refractivity contribution in [3.05, 3.63) is 30.6 Å². The van der Waals surface area contributed by atoms with Gasteiger partial charge >= 0.3 is 0 Å². The molecule has 1 unspecified atom stereocenters. The third-order valence-corrected chi connectivity index (χ3v) is 5.14. The molecule has 1 aliphatic rings. The van der Waals surface area contributed by atoms with Crippen molar-refractivity contribution in [3.63, 3.8) is 0 Å². The van der Waals surface area contributed by atoms with Gasteiger partial charge in [0, 0.05) is 37.6 Å². The van der Waals surface area contributed by atoms with E-state index in [4.69, 9.17) is 0 Å². The molecule has 2 aromatic rings. The number of rotatable bonds is 5. The van der Waals surface area contributed by atoms with E-state index in [1.54, 1.807) is 6.33 Å². The fraction of sp³-hybridized carbons (Fsp3) is 0.529. The van der Waals surface area contributed by atoms with Crippen LogP contribution in [0.5, 0.6) is 0 Å². The lowest BCUT2D eigenvalue weighted by molar-refractivity contribution is 0.193. The highest BCUT2D eigenvalue weighted by Crippen LogP contribution is 2.24. The molecule has 0 amide bonds. The zero-order valence-corrected chi connectivity index (χ0v) is 14.2. The van der Waals surface area contributed by atoms with Crippen LogP contribution in [0, 0.1) is 0 Å². The Morgan fingerprint density at radius 1 is 1.14 bits per heavy atom. The highest BCUT2D eigenvalue weighted by Gasteiger charge is 2.22. The Hall–Kier alpha value is -1.33. The van der Waals surface area contributed by atoms with Gasteiger partial charge in [0.2, 0.25) is 0 Å². The van der Waals surface area contributed by atoms with Gasteiger partial charge in [-0.05, 0) is 37.5 Å². The first-order valence-electron chi connectivity index (χ1n) is 7.97. The molecule has 1 saturated heterocycles.